The van der Waals surface area contributed by atoms with Gasteiger partial charge in [0.25, 0.3) is 5.56 Å². The predicted molar refractivity (Wildman–Crippen MR) is 94.2 cm³/mol. The molecule has 0 aliphatic rings. The van der Waals surface area contributed by atoms with Gasteiger partial charge in [-0.2, -0.15) is 0 Å². The fourth-order valence-electron chi connectivity index (χ4n) is 2.15. The maximum absolute atomic E-state index is 12.7. The minimum absolute atomic E-state index is 0.121. The fourth-order valence-corrected chi connectivity index (χ4v) is 3.08. The lowest BCUT2D eigenvalue weighted by atomic mass is 10.2. The molecule has 1 aromatic carbocycles. The largest absolute Gasteiger partial charge is 0.341 e. The Morgan fingerprint density at radius 1 is 1.33 bits per heavy atom. The van der Waals surface area contributed by atoms with Crippen LogP contribution in [0.15, 0.2) is 34.2 Å². The molecule has 2 rings (SSSR count). The second kappa shape index (κ2) is 7.96. The van der Waals surface area contributed by atoms with Gasteiger partial charge in [0.05, 0.1) is 16.2 Å². The van der Waals surface area contributed by atoms with E-state index in [9.17, 15) is 14.4 Å². The molecule has 0 bridgehead atoms. The third kappa shape index (κ3) is 3.94. The lowest BCUT2D eigenvalue weighted by molar-refractivity contribution is -0.119. The van der Waals surface area contributed by atoms with Crippen LogP contribution < -0.4 is 16.2 Å². The molecule has 0 radical (unpaired) electrons. The Hall–Kier alpha value is -2.35. The van der Waals surface area contributed by atoms with Gasteiger partial charge >= 0.3 is 6.03 Å². The highest BCUT2D eigenvalue weighted by Crippen LogP contribution is 2.22. The zero-order valence-electron chi connectivity index (χ0n) is 13.8. The van der Waals surface area contributed by atoms with E-state index in [1.54, 1.807) is 29.7 Å². The van der Waals surface area contributed by atoms with E-state index in [0.717, 1.165) is 18.2 Å². The van der Waals surface area contributed by atoms with Gasteiger partial charge < -0.3 is 5.32 Å². The number of rotatable bonds is 5. The van der Waals surface area contributed by atoms with Gasteiger partial charge in [0.1, 0.15) is 0 Å². The lowest BCUT2D eigenvalue weighted by Crippen LogP contribution is -2.41. The first-order chi connectivity index (χ1) is 11.5. The summed E-state index contributed by atoms with van der Waals surface area (Å²) in [5.74, 6) is -0.440. The van der Waals surface area contributed by atoms with Crippen LogP contribution in [-0.4, -0.2) is 33.8 Å². The molecule has 7 nitrogen and oxygen atoms in total. The van der Waals surface area contributed by atoms with Crippen LogP contribution in [0.5, 0.6) is 0 Å². The van der Waals surface area contributed by atoms with Gasteiger partial charge in [-0.05, 0) is 25.5 Å². The van der Waals surface area contributed by atoms with Crippen LogP contribution in [0.4, 0.5) is 4.79 Å². The van der Waals surface area contributed by atoms with Crippen molar-refractivity contribution < 1.29 is 9.59 Å². The quantitative estimate of drug-likeness (QED) is 0.634. The molecular weight excluding hydrogens is 328 g/mol. The van der Waals surface area contributed by atoms with E-state index in [1.807, 2.05) is 13.0 Å². The van der Waals surface area contributed by atoms with Crippen molar-refractivity contribution in [2.45, 2.75) is 37.2 Å². The molecule has 128 valence electrons. The number of aromatic nitrogens is 2. The minimum Gasteiger partial charge on any atom is -0.341 e. The van der Waals surface area contributed by atoms with Gasteiger partial charge in [0, 0.05) is 13.6 Å². The molecule has 1 unspecified atom stereocenters. The summed E-state index contributed by atoms with van der Waals surface area (Å²) in [4.78, 5) is 40.5. The van der Waals surface area contributed by atoms with E-state index < -0.39 is 17.2 Å². The van der Waals surface area contributed by atoms with Crippen molar-refractivity contribution in [3.05, 3.63) is 34.6 Å². The van der Waals surface area contributed by atoms with Crippen molar-refractivity contribution in [1.82, 2.24) is 20.2 Å². The number of nitrogens with one attached hydrogen (secondary N) is 2. The van der Waals surface area contributed by atoms with Crippen molar-refractivity contribution in [1.29, 1.82) is 0 Å². The summed E-state index contributed by atoms with van der Waals surface area (Å²) < 4.78 is 1.58. The van der Waals surface area contributed by atoms with Crippen LogP contribution >= 0.6 is 11.8 Å². The minimum atomic E-state index is -0.571. The summed E-state index contributed by atoms with van der Waals surface area (Å²) in [5.41, 5.74) is 0.472. The number of imide groups is 1. The Balaban J connectivity index is 2.36. The van der Waals surface area contributed by atoms with E-state index >= 15 is 0 Å². The monoisotopic (exact) mass is 348 g/mol. The molecule has 8 heteroatoms. The number of hydrogen-bond donors (Lipinski definition) is 2. The van der Waals surface area contributed by atoms with E-state index in [1.165, 1.54) is 7.05 Å². The first-order valence-corrected chi connectivity index (χ1v) is 8.54. The maximum Gasteiger partial charge on any atom is 0.321 e. The highest BCUT2D eigenvalue weighted by molar-refractivity contribution is 8.00. The highest BCUT2D eigenvalue weighted by atomic mass is 32.2. The number of carbonyl (C=O) groups excluding carboxylic acids is 2. The number of hydrogen-bond acceptors (Lipinski definition) is 5. The normalized spacial score (nSPS) is 12.0. The summed E-state index contributed by atoms with van der Waals surface area (Å²) in [6, 6.07) is 6.56. The molecule has 0 aliphatic heterocycles. The summed E-state index contributed by atoms with van der Waals surface area (Å²) in [6.07, 6.45) is 0.770. The molecular formula is C16H20N4O3S. The van der Waals surface area contributed by atoms with Crippen molar-refractivity contribution in [3.8, 4) is 0 Å². The fraction of sp³-hybridized carbons (Fsp3) is 0.375. The molecule has 2 aromatic rings. The first-order valence-electron chi connectivity index (χ1n) is 7.66. The summed E-state index contributed by atoms with van der Waals surface area (Å²) in [5, 5.41) is 5.01. The van der Waals surface area contributed by atoms with Crippen LogP contribution in [0.2, 0.25) is 0 Å². The maximum atomic E-state index is 12.7. The Bertz CT molecular complexity index is 819. The lowest BCUT2D eigenvalue weighted by Gasteiger charge is -2.15. The van der Waals surface area contributed by atoms with Crippen LogP contribution in [0.25, 0.3) is 10.9 Å². The van der Waals surface area contributed by atoms with Crippen LogP contribution in [0, 0.1) is 0 Å². The van der Waals surface area contributed by atoms with Crippen LogP contribution in [0.1, 0.15) is 20.3 Å². The van der Waals surface area contributed by atoms with E-state index in [4.69, 9.17) is 0 Å². The number of nitrogens with zero attached hydrogens (tertiary/aromatic N) is 2. The van der Waals surface area contributed by atoms with Gasteiger partial charge in [-0.25, -0.2) is 9.78 Å². The van der Waals surface area contributed by atoms with Gasteiger partial charge in [0.15, 0.2) is 5.16 Å². The second-order valence-corrected chi connectivity index (χ2v) is 6.50. The topological polar surface area (TPSA) is 93.1 Å². The standard InChI is InChI=1S/C16H20N4O3S/c1-4-9-20-14(22)11-7-5-6-8-12(11)18-16(20)24-10(2)13(21)19-15(23)17-3/h5-8,10H,4,9H2,1-3H3,(H2,17,19,21,23). The summed E-state index contributed by atoms with van der Waals surface area (Å²) in [7, 11) is 1.43. The number of carbonyl (C=O) groups is 2. The van der Waals surface area contributed by atoms with Crippen LogP contribution in [0.3, 0.4) is 0 Å². The SMILES string of the molecule is CCCn1c(SC(C)C(=O)NC(=O)NC)nc2ccccc2c1=O. The van der Waals surface area contributed by atoms with E-state index in [-0.39, 0.29) is 5.56 Å². The number of urea groups is 1. The number of amides is 3. The molecule has 1 heterocycles. The van der Waals surface area contributed by atoms with Crippen molar-refractivity contribution in [2.24, 2.45) is 0 Å². The Morgan fingerprint density at radius 3 is 2.71 bits per heavy atom. The summed E-state index contributed by atoms with van der Waals surface area (Å²) >= 11 is 1.16. The number of thioether (sulfide) groups is 1. The van der Waals surface area contributed by atoms with Gasteiger partial charge in [-0.15, -0.1) is 0 Å². The molecule has 0 spiro atoms. The average molecular weight is 348 g/mol. The van der Waals surface area contributed by atoms with Crippen LogP contribution in [-0.2, 0) is 11.3 Å². The van der Waals surface area contributed by atoms with Crippen molar-refractivity contribution in [2.75, 3.05) is 7.05 Å². The predicted octanol–water partition coefficient (Wildman–Crippen LogP) is 1.74. The highest BCUT2D eigenvalue weighted by Gasteiger charge is 2.20. The molecule has 3 amide bonds. The molecule has 2 N–H and O–H groups in total. The average Bonchev–Trinajstić information content (AvgIpc) is 2.58. The molecule has 0 aliphatic carbocycles. The van der Waals surface area contributed by atoms with Gasteiger partial charge in [-0.3, -0.25) is 19.5 Å². The number of fused-ring (bicyclic) bond motifs is 1. The van der Waals surface area contributed by atoms with Crippen molar-refractivity contribution in [3.63, 3.8) is 0 Å². The van der Waals surface area contributed by atoms with E-state index in [0.29, 0.717) is 22.6 Å². The Kier molecular flexibility index (Phi) is 5.97. The van der Waals surface area contributed by atoms with Gasteiger partial charge in [0.2, 0.25) is 5.91 Å². The Morgan fingerprint density at radius 2 is 2.04 bits per heavy atom. The molecule has 0 saturated carbocycles. The summed E-state index contributed by atoms with van der Waals surface area (Å²) in [6.45, 7) is 4.15. The van der Waals surface area contributed by atoms with E-state index in [2.05, 4.69) is 15.6 Å². The second-order valence-electron chi connectivity index (χ2n) is 5.20. The molecule has 0 fully saturated rings. The zero-order chi connectivity index (χ0) is 17.7. The number of benzene rings is 1. The smallest absolute Gasteiger partial charge is 0.321 e. The third-order valence-electron chi connectivity index (χ3n) is 3.39. The molecule has 1 aromatic heterocycles. The van der Waals surface area contributed by atoms with Crippen molar-refractivity contribution >= 4 is 34.6 Å². The third-order valence-corrected chi connectivity index (χ3v) is 4.48. The number of para-hydroxylation sites is 1. The zero-order valence-corrected chi connectivity index (χ0v) is 14.6. The Labute approximate surface area is 143 Å². The van der Waals surface area contributed by atoms with Gasteiger partial charge in [-0.1, -0.05) is 30.8 Å². The molecule has 24 heavy (non-hydrogen) atoms. The molecule has 0 saturated heterocycles. The molecule has 1 atom stereocenters. The first kappa shape index (κ1) is 18.0.